The number of nitrogens with one attached hydrogen (secondary N) is 2. The summed E-state index contributed by atoms with van der Waals surface area (Å²) in [5, 5.41) is 5.58. The molecule has 1 saturated carbocycles. The average Bonchev–Trinajstić information content (AvgIpc) is 3.20. The summed E-state index contributed by atoms with van der Waals surface area (Å²) in [6, 6.07) is -1.25. The Morgan fingerprint density at radius 1 is 1.41 bits per heavy atom. The zero-order valence-electron chi connectivity index (χ0n) is 12.9. The van der Waals surface area contributed by atoms with E-state index in [0.717, 1.165) is 37.2 Å². The van der Waals surface area contributed by atoms with Crippen LogP contribution >= 0.6 is 0 Å². The molecule has 0 bridgehead atoms. The Morgan fingerprint density at radius 2 is 2.14 bits per heavy atom. The first-order valence-electron chi connectivity index (χ1n) is 8.09. The van der Waals surface area contributed by atoms with E-state index in [1.54, 1.807) is 6.92 Å². The molecule has 0 unspecified atom stereocenters. The van der Waals surface area contributed by atoms with E-state index in [4.69, 9.17) is 4.74 Å². The van der Waals surface area contributed by atoms with Crippen molar-refractivity contribution in [2.75, 3.05) is 13.2 Å². The van der Waals surface area contributed by atoms with Gasteiger partial charge in [-0.25, -0.2) is 9.69 Å². The van der Waals surface area contributed by atoms with Crippen LogP contribution in [0.25, 0.3) is 0 Å². The van der Waals surface area contributed by atoms with Crippen molar-refractivity contribution >= 4 is 17.8 Å². The second-order valence-electron chi connectivity index (χ2n) is 6.45. The Balaban J connectivity index is 1.61. The highest BCUT2D eigenvalue weighted by Crippen LogP contribution is 2.35. The SMILES string of the molecule is C[C@@H](C(=O)NC[C@@H]1CCCO1)N1C(=O)NC2(CCCC2)C1=O. The molecule has 1 spiro atoms. The lowest BCUT2D eigenvalue weighted by molar-refractivity contribution is -0.138. The van der Waals surface area contributed by atoms with Gasteiger partial charge >= 0.3 is 6.03 Å². The maximum atomic E-state index is 12.6. The van der Waals surface area contributed by atoms with Gasteiger partial charge in [-0.1, -0.05) is 12.8 Å². The summed E-state index contributed by atoms with van der Waals surface area (Å²) in [5.41, 5.74) is -0.764. The van der Waals surface area contributed by atoms with Gasteiger partial charge < -0.3 is 15.4 Å². The van der Waals surface area contributed by atoms with Crippen LogP contribution in [0.15, 0.2) is 0 Å². The lowest BCUT2D eigenvalue weighted by Crippen LogP contribution is -2.50. The fourth-order valence-corrected chi connectivity index (χ4v) is 3.60. The van der Waals surface area contributed by atoms with Gasteiger partial charge in [0.2, 0.25) is 5.91 Å². The Labute approximate surface area is 129 Å². The number of hydrogen-bond acceptors (Lipinski definition) is 4. The number of rotatable bonds is 4. The maximum Gasteiger partial charge on any atom is 0.325 e. The van der Waals surface area contributed by atoms with Gasteiger partial charge in [-0.3, -0.25) is 9.59 Å². The summed E-state index contributed by atoms with van der Waals surface area (Å²) in [5.74, 6) is -0.566. The van der Waals surface area contributed by atoms with Gasteiger partial charge in [0.15, 0.2) is 0 Å². The molecule has 7 nitrogen and oxygen atoms in total. The summed E-state index contributed by atoms with van der Waals surface area (Å²) >= 11 is 0. The van der Waals surface area contributed by atoms with Crippen LogP contribution in [0, 0.1) is 0 Å². The third-order valence-electron chi connectivity index (χ3n) is 4.94. The molecule has 7 heteroatoms. The fourth-order valence-electron chi connectivity index (χ4n) is 3.60. The van der Waals surface area contributed by atoms with E-state index >= 15 is 0 Å². The van der Waals surface area contributed by atoms with Crippen LogP contribution in [-0.2, 0) is 14.3 Å². The lowest BCUT2D eigenvalue weighted by Gasteiger charge is -2.24. The topological polar surface area (TPSA) is 87.7 Å². The normalized spacial score (nSPS) is 28.2. The highest BCUT2D eigenvalue weighted by Gasteiger charge is 2.54. The molecule has 2 atom stereocenters. The molecule has 3 aliphatic rings. The first-order valence-corrected chi connectivity index (χ1v) is 8.09. The van der Waals surface area contributed by atoms with E-state index in [1.807, 2.05) is 0 Å². The lowest BCUT2D eigenvalue weighted by atomic mass is 9.97. The maximum absolute atomic E-state index is 12.6. The van der Waals surface area contributed by atoms with E-state index in [0.29, 0.717) is 19.4 Å². The van der Waals surface area contributed by atoms with E-state index in [-0.39, 0.29) is 17.9 Å². The zero-order chi connectivity index (χ0) is 15.7. The molecule has 1 aliphatic carbocycles. The molecule has 3 rings (SSSR count). The van der Waals surface area contributed by atoms with Crippen molar-refractivity contribution in [3.05, 3.63) is 0 Å². The molecule has 4 amide bonds. The highest BCUT2D eigenvalue weighted by atomic mass is 16.5. The molecule has 22 heavy (non-hydrogen) atoms. The van der Waals surface area contributed by atoms with E-state index < -0.39 is 17.6 Å². The van der Waals surface area contributed by atoms with Crippen LogP contribution in [0.5, 0.6) is 0 Å². The number of carbonyl (C=O) groups is 3. The van der Waals surface area contributed by atoms with Crippen LogP contribution in [0.1, 0.15) is 45.4 Å². The fraction of sp³-hybridized carbons (Fsp3) is 0.800. The standard InChI is InChI=1S/C15H23N3O4/c1-10(12(19)16-9-11-5-4-8-22-11)18-13(20)15(17-14(18)21)6-2-3-7-15/h10-11H,2-9H2,1H3,(H,16,19)(H,17,21)/t10-,11-/m0/s1. The molecule has 0 aromatic rings. The van der Waals surface area contributed by atoms with Crippen LogP contribution in [0.3, 0.4) is 0 Å². The molecule has 122 valence electrons. The zero-order valence-corrected chi connectivity index (χ0v) is 12.9. The Bertz CT molecular complexity index is 481. The molecule has 0 radical (unpaired) electrons. The van der Waals surface area contributed by atoms with Crippen molar-refractivity contribution in [3.8, 4) is 0 Å². The summed E-state index contributed by atoms with van der Waals surface area (Å²) in [6.45, 7) is 2.75. The van der Waals surface area contributed by atoms with Crippen LogP contribution in [0.4, 0.5) is 4.79 Å². The van der Waals surface area contributed by atoms with Gasteiger partial charge in [-0.2, -0.15) is 0 Å². The smallest absolute Gasteiger partial charge is 0.325 e. The van der Waals surface area contributed by atoms with Crippen molar-refractivity contribution in [1.29, 1.82) is 0 Å². The third kappa shape index (κ3) is 2.58. The monoisotopic (exact) mass is 309 g/mol. The number of carbonyl (C=O) groups excluding carboxylic acids is 3. The molecule has 2 N–H and O–H groups in total. The van der Waals surface area contributed by atoms with Gasteiger partial charge in [-0.05, 0) is 32.6 Å². The summed E-state index contributed by atoms with van der Waals surface area (Å²) < 4.78 is 5.45. The Hall–Kier alpha value is -1.63. The Morgan fingerprint density at radius 3 is 2.77 bits per heavy atom. The van der Waals surface area contributed by atoms with Crippen molar-refractivity contribution in [2.24, 2.45) is 0 Å². The minimum absolute atomic E-state index is 0.0421. The summed E-state index contributed by atoms with van der Waals surface area (Å²) in [4.78, 5) is 38.0. The molecule has 0 aromatic heterocycles. The number of nitrogens with zero attached hydrogens (tertiary/aromatic N) is 1. The largest absolute Gasteiger partial charge is 0.376 e. The molecule has 2 aliphatic heterocycles. The summed E-state index contributed by atoms with van der Waals surface area (Å²) in [6.07, 6.45) is 5.17. The van der Waals surface area contributed by atoms with Crippen molar-refractivity contribution in [2.45, 2.75) is 63.1 Å². The van der Waals surface area contributed by atoms with Crippen LogP contribution in [-0.4, -0.2) is 53.6 Å². The van der Waals surface area contributed by atoms with Crippen molar-refractivity contribution < 1.29 is 19.1 Å². The van der Waals surface area contributed by atoms with Crippen molar-refractivity contribution in [3.63, 3.8) is 0 Å². The third-order valence-corrected chi connectivity index (χ3v) is 4.94. The van der Waals surface area contributed by atoms with Gasteiger partial charge in [0, 0.05) is 13.2 Å². The second-order valence-corrected chi connectivity index (χ2v) is 6.45. The van der Waals surface area contributed by atoms with Crippen LogP contribution < -0.4 is 10.6 Å². The quantitative estimate of drug-likeness (QED) is 0.742. The van der Waals surface area contributed by atoms with Gasteiger partial charge in [0.1, 0.15) is 11.6 Å². The predicted molar refractivity (Wildman–Crippen MR) is 78.0 cm³/mol. The minimum Gasteiger partial charge on any atom is -0.376 e. The van der Waals surface area contributed by atoms with Crippen LogP contribution in [0.2, 0.25) is 0 Å². The number of imide groups is 1. The molecule has 0 aromatic carbocycles. The Kier molecular flexibility index (Phi) is 4.08. The number of ether oxygens (including phenoxy) is 1. The average molecular weight is 309 g/mol. The number of urea groups is 1. The molecule has 2 heterocycles. The molecular formula is C15H23N3O4. The van der Waals surface area contributed by atoms with E-state index in [2.05, 4.69) is 10.6 Å². The number of amides is 4. The van der Waals surface area contributed by atoms with Gasteiger partial charge in [-0.15, -0.1) is 0 Å². The first-order chi connectivity index (χ1) is 10.5. The molecule has 3 fully saturated rings. The van der Waals surface area contributed by atoms with Gasteiger partial charge in [0.25, 0.3) is 5.91 Å². The van der Waals surface area contributed by atoms with Gasteiger partial charge in [0.05, 0.1) is 6.10 Å². The summed E-state index contributed by atoms with van der Waals surface area (Å²) in [7, 11) is 0. The minimum atomic E-state index is -0.797. The highest BCUT2D eigenvalue weighted by molar-refractivity contribution is 6.09. The second kappa shape index (κ2) is 5.87. The molecule has 2 saturated heterocycles. The van der Waals surface area contributed by atoms with Crippen molar-refractivity contribution in [1.82, 2.24) is 15.5 Å². The molecular weight excluding hydrogens is 286 g/mol. The predicted octanol–water partition coefficient (Wildman–Crippen LogP) is 0.535. The number of hydrogen-bond donors (Lipinski definition) is 2. The van der Waals surface area contributed by atoms with E-state index in [1.165, 1.54) is 0 Å². The van der Waals surface area contributed by atoms with E-state index in [9.17, 15) is 14.4 Å². The first kappa shape index (κ1) is 15.3.